The average molecular weight is 385 g/mol. The average Bonchev–Trinajstić information content (AvgIpc) is 3.37. The number of aliphatic imine (C=N–C) groups is 1. The van der Waals surface area contributed by atoms with Crippen molar-refractivity contribution in [2.75, 3.05) is 20.1 Å². The summed E-state index contributed by atoms with van der Waals surface area (Å²) >= 11 is 12.0. The molecule has 1 aromatic carbocycles. The second kappa shape index (κ2) is 9.88. The number of hydrogen-bond acceptors (Lipinski definition) is 2. The Morgan fingerprint density at radius 2 is 2.08 bits per heavy atom. The van der Waals surface area contributed by atoms with Crippen LogP contribution >= 0.6 is 23.2 Å². The molecule has 2 rings (SSSR count). The normalized spacial score (nSPS) is 14.3. The van der Waals surface area contributed by atoms with E-state index >= 15 is 0 Å². The Kier molecular flexibility index (Phi) is 7.85. The number of amides is 1. The number of carbonyl (C=O) groups excluding carboxylic acids is 1. The summed E-state index contributed by atoms with van der Waals surface area (Å²) in [5.74, 6) is 0.947. The number of halogens is 2. The minimum absolute atomic E-state index is 0.131. The Bertz CT molecular complexity index is 617. The van der Waals surface area contributed by atoms with E-state index in [0.717, 1.165) is 37.3 Å². The summed E-state index contributed by atoms with van der Waals surface area (Å²) in [4.78, 5) is 18.3. The van der Waals surface area contributed by atoms with Crippen molar-refractivity contribution >= 4 is 35.1 Å². The summed E-state index contributed by atoms with van der Waals surface area (Å²) in [5, 5.41) is 7.38. The lowest BCUT2D eigenvalue weighted by molar-refractivity contribution is -0.121. The number of nitrogens with zero attached hydrogens (tertiary/aromatic N) is 2. The summed E-state index contributed by atoms with van der Waals surface area (Å²) in [6, 6.07) is 6.05. The van der Waals surface area contributed by atoms with Crippen molar-refractivity contribution in [3.05, 3.63) is 33.8 Å². The van der Waals surface area contributed by atoms with Crippen LogP contribution < -0.4 is 10.6 Å². The highest BCUT2D eigenvalue weighted by atomic mass is 35.5. The molecule has 0 unspecified atom stereocenters. The van der Waals surface area contributed by atoms with Crippen molar-refractivity contribution in [1.82, 2.24) is 15.5 Å². The van der Waals surface area contributed by atoms with Crippen molar-refractivity contribution in [2.45, 2.75) is 45.2 Å². The van der Waals surface area contributed by atoms with Gasteiger partial charge in [0.05, 0.1) is 10.0 Å². The second-order valence-corrected chi connectivity index (χ2v) is 7.10. The van der Waals surface area contributed by atoms with Crippen LogP contribution in [-0.4, -0.2) is 42.9 Å². The smallest absolute Gasteiger partial charge is 0.220 e. The summed E-state index contributed by atoms with van der Waals surface area (Å²) in [6.07, 6.45) is 3.51. The van der Waals surface area contributed by atoms with Crippen LogP contribution in [0, 0.1) is 0 Å². The van der Waals surface area contributed by atoms with Crippen LogP contribution in [0.4, 0.5) is 0 Å². The minimum Gasteiger partial charge on any atom is -0.357 e. The number of rotatable bonds is 8. The highest BCUT2D eigenvalue weighted by Gasteiger charge is 2.22. The highest BCUT2D eigenvalue weighted by molar-refractivity contribution is 6.42. The van der Waals surface area contributed by atoms with Gasteiger partial charge in [0.2, 0.25) is 5.91 Å². The molecule has 0 bridgehead atoms. The fraction of sp³-hybridized carbons (Fsp3) is 0.556. The molecule has 138 valence electrons. The van der Waals surface area contributed by atoms with Gasteiger partial charge in [0.1, 0.15) is 0 Å². The molecule has 0 aromatic heterocycles. The van der Waals surface area contributed by atoms with E-state index in [1.807, 2.05) is 31.0 Å². The Labute approximate surface area is 159 Å². The zero-order valence-electron chi connectivity index (χ0n) is 14.8. The Morgan fingerprint density at radius 3 is 2.72 bits per heavy atom. The van der Waals surface area contributed by atoms with Gasteiger partial charge in [-0.1, -0.05) is 29.3 Å². The third-order valence-electron chi connectivity index (χ3n) is 3.87. The molecule has 1 aromatic rings. The summed E-state index contributed by atoms with van der Waals surface area (Å²) in [5.41, 5.74) is 1.06. The molecule has 0 saturated heterocycles. The number of benzene rings is 1. The molecule has 0 radical (unpaired) electrons. The Hall–Kier alpha value is -1.46. The first-order valence-electron chi connectivity index (χ1n) is 8.72. The zero-order chi connectivity index (χ0) is 18.2. The third kappa shape index (κ3) is 7.12. The highest BCUT2D eigenvalue weighted by Crippen LogP contribution is 2.23. The fourth-order valence-corrected chi connectivity index (χ4v) is 2.73. The molecule has 5 nitrogen and oxygen atoms in total. The van der Waals surface area contributed by atoms with Crippen LogP contribution in [-0.2, 0) is 11.3 Å². The quantitative estimate of drug-likeness (QED) is 0.410. The van der Waals surface area contributed by atoms with E-state index in [9.17, 15) is 4.79 Å². The van der Waals surface area contributed by atoms with E-state index < -0.39 is 0 Å². The minimum atomic E-state index is 0.131. The van der Waals surface area contributed by atoms with Crippen molar-refractivity contribution in [3.63, 3.8) is 0 Å². The molecule has 25 heavy (non-hydrogen) atoms. The predicted octanol–water partition coefficient (Wildman–Crippen LogP) is 3.45. The number of hydrogen-bond donors (Lipinski definition) is 2. The van der Waals surface area contributed by atoms with Crippen LogP contribution in [0.5, 0.6) is 0 Å². The predicted molar refractivity (Wildman–Crippen MR) is 104 cm³/mol. The van der Waals surface area contributed by atoms with Crippen LogP contribution in [0.2, 0.25) is 10.0 Å². The molecular weight excluding hydrogens is 359 g/mol. The van der Waals surface area contributed by atoms with Crippen LogP contribution in [0.15, 0.2) is 23.2 Å². The van der Waals surface area contributed by atoms with E-state index in [1.54, 1.807) is 6.07 Å². The lowest BCUT2D eigenvalue weighted by atomic mass is 10.2. The van der Waals surface area contributed by atoms with Gasteiger partial charge in [0, 0.05) is 39.1 Å². The summed E-state index contributed by atoms with van der Waals surface area (Å²) in [7, 11) is 1.98. The maximum atomic E-state index is 11.7. The van der Waals surface area contributed by atoms with E-state index in [0.29, 0.717) is 35.6 Å². The molecule has 1 aliphatic rings. The van der Waals surface area contributed by atoms with Crippen molar-refractivity contribution in [3.8, 4) is 0 Å². The molecule has 1 aliphatic carbocycles. The molecule has 0 heterocycles. The van der Waals surface area contributed by atoms with Gasteiger partial charge in [-0.15, -0.1) is 0 Å². The second-order valence-electron chi connectivity index (χ2n) is 6.29. The molecule has 2 N–H and O–H groups in total. The first-order chi connectivity index (χ1) is 12.0. The number of carbonyl (C=O) groups is 1. The van der Waals surface area contributed by atoms with Gasteiger partial charge >= 0.3 is 0 Å². The van der Waals surface area contributed by atoms with Gasteiger partial charge < -0.3 is 15.5 Å². The van der Waals surface area contributed by atoms with Crippen LogP contribution in [0.3, 0.4) is 0 Å². The van der Waals surface area contributed by atoms with Gasteiger partial charge in [0.25, 0.3) is 0 Å². The monoisotopic (exact) mass is 384 g/mol. The molecule has 1 saturated carbocycles. The fourth-order valence-electron chi connectivity index (χ4n) is 2.41. The van der Waals surface area contributed by atoms with Gasteiger partial charge in [-0.3, -0.25) is 9.79 Å². The molecule has 0 atom stereocenters. The maximum Gasteiger partial charge on any atom is 0.220 e. The molecule has 1 amide bonds. The van der Waals surface area contributed by atoms with Gasteiger partial charge in [-0.05, 0) is 43.9 Å². The van der Waals surface area contributed by atoms with Crippen LogP contribution in [0.1, 0.15) is 38.2 Å². The van der Waals surface area contributed by atoms with Gasteiger partial charge in [-0.25, -0.2) is 0 Å². The summed E-state index contributed by atoms with van der Waals surface area (Å²) < 4.78 is 0. The first kappa shape index (κ1) is 19.9. The number of guanidine groups is 1. The van der Waals surface area contributed by atoms with E-state index in [-0.39, 0.29) is 5.91 Å². The third-order valence-corrected chi connectivity index (χ3v) is 4.61. The standard InChI is InChI=1S/C18H26Cl2N4O/c1-3-21-18(22-10-4-5-17(25)23-14-7-8-14)24(2)12-13-6-9-15(19)16(20)11-13/h6,9,11,14H,3-5,7-8,10,12H2,1-2H3,(H,21,22)(H,23,25). The Morgan fingerprint density at radius 1 is 1.32 bits per heavy atom. The maximum absolute atomic E-state index is 11.7. The molecule has 0 aliphatic heterocycles. The molecule has 1 fully saturated rings. The zero-order valence-corrected chi connectivity index (χ0v) is 16.3. The van der Waals surface area contributed by atoms with E-state index in [1.165, 1.54) is 0 Å². The number of nitrogens with one attached hydrogen (secondary N) is 2. The molecular formula is C18H26Cl2N4O. The lowest BCUT2D eigenvalue weighted by Crippen LogP contribution is -2.38. The van der Waals surface area contributed by atoms with Gasteiger partial charge in [-0.2, -0.15) is 0 Å². The van der Waals surface area contributed by atoms with E-state index in [4.69, 9.17) is 23.2 Å². The molecule has 0 spiro atoms. The topological polar surface area (TPSA) is 56.7 Å². The summed E-state index contributed by atoms with van der Waals surface area (Å²) in [6.45, 7) is 4.11. The van der Waals surface area contributed by atoms with Crippen molar-refractivity contribution in [1.29, 1.82) is 0 Å². The first-order valence-corrected chi connectivity index (χ1v) is 9.48. The van der Waals surface area contributed by atoms with Crippen molar-refractivity contribution < 1.29 is 4.79 Å². The van der Waals surface area contributed by atoms with Crippen LogP contribution in [0.25, 0.3) is 0 Å². The van der Waals surface area contributed by atoms with Gasteiger partial charge in [0.15, 0.2) is 5.96 Å². The Balaban J connectivity index is 1.83. The lowest BCUT2D eigenvalue weighted by Gasteiger charge is -2.22. The van der Waals surface area contributed by atoms with E-state index in [2.05, 4.69) is 15.6 Å². The van der Waals surface area contributed by atoms with Crippen molar-refractivity contribution in [2.24, 2.45) is 4.99 Å². The SMILES string of the molecule is CCNC(=NCCCC(=O)NC1CC1)N(C)Cc1ccc(Cl)c(Cl)c1. The molecule has 7 heteroatoms. The largest absolute Gasteiger partial charge is 0.357 e.